The van der Waals surface area contributed by atoms with Gasteiger partial charge in [0.05, 0.1) is 32.9 Å². The third-order valence-corrected chi connectivity index (χ3v) is 3.40. The lowest BCUT2D eigenvalue weighted by atomic mass is 10.2. The summed E-state index contributed by atoms with van der Waals surface area (Å²) in [4.78, 5) is 12.1. The number of halogens is 3. The number of rotatable bonds is 2. The topological polar surface area (TPSA) is 52.9 Å². The summed E-state index contributed by atoms with van der Waals surface area (Å²) in [6, 6.07) is 11.1. The van der Waals surface area contributed by atoms with Gasteiger partial charge in [0.15, 0.2) is 0 Å². The van der Waals surface area contributed by atoms with Crippen LogP contribution in [-0.4, -0.2) is 5.91 Å². The summed E-state index contributed by atoms with van der Waals surface area (Å²) in [7, 11) is 0. The highest BCUT2D eigenvalue weighted by molar-refractivity contribution is 6.37. The van der Waals surface area contributed by atoms with Crippen molar-refractivity contribution >= 4 is 46.4 Å². The van der Waals surface area contributed by atoms with Crippen LogP contribution in [0.1, 0.15) is 15.9 Å². The second kappa shape index (κ2) is 6.15. The first-order chi connectivity index (χ1) is 9.51. The van der Waals surface area contributed by atoms with E-state index in [1.165, 1.54) is 18.2 Å². The van der Waals surface area contributed by atoms with E-state index in [1.807, 2.05) is 6.07 Å². The van der Waals surface area contributed by atoms with Gasteiger partial charge in [0.25, 0.3) is 5.91 Å². The monoisotopic (exact) mass is 324 g/mol. The second-order valence-corrected chi connectivity index (χ2v) is 5.14. The minimum Gasteiger partial charge on any atom is -0.321 e. The number of hydrogen-bond donors (Lipinski definition) is 1. The summed E-state index contributed by atoms with van der Waals surface area (Å²) in [5.41, 5.74) is 1.02. The number of carbonyl (C=O) groups is 1. The average Bonchev–Trinajstić information content (AvgIpc) is 2.41. The highest BCUT2D eigenvalue weighted by Crippen LogP contribution is 2.26. The Labute approximate surface area is 130 Å². The van der Waals surface area contributed by atoms with Gasteiger partial charge in [-0.1, -0.05) is 34.8 Å². The Kier molecular flexibility index (Phi) is 4.51. The van der Waals surface area contributed by atoms with Crippen molar-refractivity contribution in [3.05, 3.63) is 62.6 Å². The molecule has 0 saturated heterocycles. The number of nitrogens with one attached hydrogen (secondary N) is 1. The molecule has 1 amide bonds. The maximum absolute atomic E-state index is 12.1. The molecule has 100 valence electrons. The van der Waals surface area contributed by atoms with Crippen molar-refractivity contribution in [3.63, 3.8) is 0 Å². The van der Waals surface area contributed by atoms with Crippen molar-refractivity contribution in [1.82, 2.24) is 0 Å². The molecule has 0 spiro atoms. The van der Waals surface area contributed by atoms with Crippen molar-refractivity contribution in [2.24, 2.45) is 0 Å². The number of amides is 1. The van der Waals surface area contributed by atoms with Crippen LogP contribution >= 0.6 is 34.8 Å². The third-order valence-electron chi connectivity index (χ3n) is 2.52. The predicted molar refractivity (Wildman–Crippen MR) is 80.6 cm³/mol. The highest BCUT2D eigenvalue weighted by Gasteiger charge is 2.13. The summed E-state index contributed by atoms with van der Waals surface area (Å²) in [5.74, 6) is -0.427. The molecule has 2 aromatic rings. The highest BCUT2D eigenvalue weighted by atomic mass is 35.5. The van der Waals surface area contributed by atoms with Crippen LogP contribution < -0.4 is 5.32 Å². The number of hydrogen-bond acceptors (Lipinski definition) is 2. The molecule has 0 fully saturated rings. The Morgan fingerprint density at radius 3 is 2.45 bits per heavy atom. The van der Waals surface area contributed by atoms with Crippen LogP contribution in [0.25, 0.3) is 0 Å². The van der Waals surface area contributed by atoms with Gasteiger partial charge in [-0.2, -0.15) is 5.26 Å². The normalized spacial score (nSPS) is 9.90. The minimum atomic E-state index is -0.427. The lowest BCUT2D eigenvalue weighted by molar-refractivity contribution is 0.102. The Hall–Kier alpha value is -1.73. The predicted octanol–water partition coefficient (Wildman–Crippen LogP) is 4.77. The fourth-order valence-corrected chi connectivity index (χ4v) is 2.21. The van der Waals surface area contributed by atoms with Crippen LogP contribution in [0.2, 0.25) is 15.1 Å². The number of anilines is 1. The Morgan fingerprint density at radius 1 is 1.05 bits per heavy atom. The molecule has 0 aliphatic rings. The smallest absolute Gasteiger partial charge is 0.257 e. The first kappa shape index (κ1) is 14.7. The van der Waals surface area contributed by atoms with Gasteiger partial charge in [-0.3, -0.25) is 4.79 Å². The van der Waals surface area contributed by atoms with E-state index in [4.69, 9.17) is 40.1 Å². The van der Waals surface area contributed by atoms with Crippen LogP contribution in [0.3, 0.4) is 0 Å². The molecule has 0 aliphatic heterocycles. The SMILES string of the molecule is N#Cc1ccc(Cl)c(NC(=O)c2ccc(Cl)cc2Cl)c1. The number of carbonyl (C=O) groups excluding carboxylic acids is 1. The van der Waals surface area contributed by atoms with Gasteiger partial charge >= 0.3 is 0 Å². The maximum atomic E-state index is 12.1. The number of nitriles is 1. The van der Waals surface area contributed by atoms with Crippen LogP contribution in [0.5, 0.6) is 0 Å². The van der Waals surface area contributed by atoms with E-state index >= 15 is 0 Å². The molecule has 0 aliphatic carbocycles. The van der Waals surface area contributed by atoms with Gasteiger partial charge in [0.1, 0.15) is 0 Å². The van der Waals surface area contributed by atoms with Gasteiger partial charge in [-0.05, 0) is 36.4 Å². The summed E-state index contributed by atoms with van der Waals surface area (Å²) >= 11 is 17.7. The summed E-state index contributed by atoms with van der Waals surface area (Å²) in [5, 5.41) is 12.5. The van der Waals surface area contributed by atoms with E-state index in [9.17, 15) is 4.79 Å². The Bertz CT molecular complexity index is 723. The molecule has 2 rings (SSSR count). The summed E-state index contributed by atoms with van der Waals surface area (Å²) in [6.45, 7) is 0. The van der Waals surface area contributed by atoms with Crippen molar-refractivity contribution in [2.45, 2.75) is 0 Å². The van der Waals surface area contributed by atoms with Crippen LogP contribution in [0.15, 0.2) is 36.4 Å². The molecule has 0 aromatic heterocycles. The van der Waals surface area contributed by atoms with E-state index in [0.717, 1.165) is 0 Å². The van der Waals surface area contributed by atoms with Crippen molar-refractivity contribution in [1.29, 1.82) is 5.26 Å². The second-order valence-electron chi connectivity index (χ2n) is 3.88. The molecule has 3 nitrogen and oxygen atoms in total. The van der Waals surface area contributed by atoms with E-state index in [2.05, 4.69) is 5.32 Å². The quantitative estimate of drug-likeness (QED) is 0.864. The molecule has 0 bridgehead atoms. The van der Waals surface area contributed by atoms with E-state index in [-0.39, 0.29) is 10.6 Å². The lowest BCUT2D eigenvalue weighted by Crippen LogP contribution is -2.12. The Morgan fingerprint density at radius 2 is 1.80 bits per heavy atom. The van der Waals surface area contributed by atoms with E-state index in [1.54, 1.807) is 18.2 Å². The molecule has 2 aromatic carbocycles. The largest absolute Gasteiger partial charge is 0.321 e. The van der Waals surface area contributed by atoms with Crippen molar-refractivity contribution in [3.8, 4) is 6.07 Å². The third kappa shape index (κ3) is 3.23. The molecule has 0 saturated carbocycles. The first-order valence-electron chi connectivity index (χ1n) is 5.47. The fourth-order valence-electron chi connectivity index (χ4n) is 1.55. The van der Waals surface area contributed by atoms with Gasteiger partial charge in [-0.25, -0.2) is 0 Å². The zero-order valence-electron chi connectivity index (χ0n) is 9.95. The molecule has 0 atom stereocenters. The van der Waals surface area contributed by atoms with Gasteiger partial charge in [0, 0.05) is 5.02 Å². The molecule has 20 heavy (non-hydrogen) atoms. The van der Waals surface area contributed by atoms with Gasteiger partial charge in [0.2, 0.25) is 0 Å². The molecule has 6 heteroatoms. The molecule has 0 unspecified atom stereocenters. The number of nitrogens with zero attached hydrogens (tertiary/aromatic N) is 1. The molecular weight excluding hydrogens is 319 g/mol. The average molecular weight is 326 g/mol. The van der Waals surface area contributed by atoms with Gasteiger partial charge in [-0.15, -0.1) is 0 Å². The lowest BCUT2D eigenvalue weighted by Gasteiger charge is -2.09. The molecular formula is C14H7Cl3N2O. The zero-order chi connectivity index (χ0) is 14.7. The van der Waals surface area contributed by atoms with Gasteiger partial charge < -0.3 is 5.32 Å². The first-order valence-corrected chi connectivity index (χ1v) is 6.60. The van der Waals surface area contributed by atoms with Crippen molar-refractivity contribution in [2.75, 3.05) is 5.32 Å². The molecule has 1 N–H and O–H groups in total. The molecule has 0 heterocycles. The van der Waals surface area contributed by atoms with Crippen LogP contribution in [0, 0.1) is 11.3 Å². The van der Waals surface area contributed by atoms with E-state index in [0.29, 0.717) is 21.3 Å². The summed E-state index contributed by atoms with van der Waals surface area (Å²) in [6.07, 6.45) is 0. The maximum Gasteiger partial charge on any atom is 0.257 e. The van der Waals surface area contributed by atoms with Crippen molar-refractivity contribution < 1.29 is 4.79 Å². The zero-order valence-corrected chi connectivity index (χ0v) is 12.2. The van der Waals surface area contributed by atoms with Crippen LogP contribution in [0.4, 0.5) is 5.69 Å². The standard InChI is InChI=1S/C14H7Cl3N2O/c15-9-2-3-10(12(17)6-9)14(20)19-13-5-8(7-18)1-4-11(13)16/h1-6H,(H,19,20). The van der Waals surface area contributed by atoms with Crippen LogP contribution in [-0.2, 0) is 0 Å². The van der Waals surface area contributed by atoms with E-state index < -0.39 is 5.91 Å². The molecule has 0 radical (unpaired) electrons. The summed E-state index contributed by atoms with van der Waals surface area (Å²) < 4.78 is 0. The number of benzene rings is 2. The Balaban J connectivity index is 2.30. The fraction of sp³-hybridized carbons (Fsp3) is 0. The minimum absolute atomic E-state index is 0.238.